The zero-order valence-electron chi connectivity index (χ0n) is 12.3. The van der Waals surface area contributed by atoms with E-state index in [9.17, 15) is 0 Å². The molecule has 0 amide bonds. The van der Waals surface area contributed by atoms with Crippen LogP contribution in [0.25, 0.3) is 0 Å². The molecular weight excluding hydrogens is 369 g/mol. The molecule has 0 unspecified atom stereocenters. The van der Waals surface area contributed by atoms with Crippen LogP contribution in [0.2, 0.25) is 0 Å². The topological polar surface area (TPSA) is 37.8 Å². The highest BCUT2D eigenvalue weighted by molar-refractivity contribution is 14.1. The number of anilines is 1. The zero-order chi connectivity index (χ0) is 14.3. The zero-order valence-corrected chi connectivity index (χ0v) is 15.3. The van der Waals surface area contributed by atoms with Crippen molar-refractivity contribution >= 4 is 40.2 Å². The Morgan fingerprint density at radius 2 is 2.00 bits per heavy atom. The van der Waals surface area contributed by atoms with Gasteiger partial charge in [-0.05, 0) is 47.1 Å². The molecule has 1 N–H and O–H groups in total. The van der Waals surface area contributed by atoms with E-state index >= 15 is 0 Å². The fourth-order valence-corrected chi connectivity index (χ4v) is 2.85. The van der Waals surface area contributed by atoms with Gasteiger partial charge >= 0.3 is 0 Å². The summed E-state index contributed by atoms with van der Waals surface area (Å²) >= 11 is 4.25. The maximum Gasteiger partial charge on any atom is 0.143 e. The molecule has 0 fully saturated rings. The van der Waals surface area contributed by atoms with Gasteiger partial charge in [0.05, 0.1) is 15.0 Å². The molecule has 1 aromatic heterocycles. The molecule has 0 aromatic carbocycles. The van der Waals surface area contributed by atoms with Gasteiger partial charge in [0.25, 0.3) is 0 Å². The second kappa shape index (κ2) is 9.00. The summed E-state index contributed by atoms with van der Waals surface area (Å²) in [7, 11) is 0. The lowest BCUT2D eigenvalue weighted by Gasteiger charge is -2.14. The van der Waals surface area contributed by atoms with Crippen molar-refractivity contribution in [1.29, 1.82) is 0 Å². The van der Waals surface area contributed by atoms with Crippen molar-refractivity contribution in [3.63, 3.8) is 0 Å². The number of hydrogen-bond acceptors (Lipinski definition) is 4. The monoisotopic (exact) mass is 393 g/mol. The normalized spacial score (nSPS) is 11.1. The molecule has 1 rings (SSSR count). The second-order valence-corrected chi connectivity index (χ2v) is 7.26. The summed E-state index contributed by atoms with van der Waals surface area (Å²) in [6, 6.07) is 0. The first kappa shape index (κ1) is 17.0. The summed E-state index contributed by atoms with van der Waals surface area (Å²) in [5.41, 5.74) is 1.19. The summed E-state index contributed by atoms with van der Waals surface area (Å²) < 4.78 is 1.19. The van der Waals surface area contributed by atoms with Gasteiger partial charge in [0, 0.05) is 6.54 Å². The number of aromatic nitrogens is 2. The number of hydrogen-bond donors (Lipinski definition) is 1. The molecule has 0 radical (unpaired) electrons. The molecule has 19 heavy (non-hydrogen) atoms. The predicted octanol–water partition coefficient (Wildman–Crippen LogP) is 4.35. The van der Waals surface area contributed by atoms with Gasteiger partial charge in [-0.3, -0.25) is 0 Å². The Balaban J connectivity index is 2.99. The Hall–Kier alpha value is -0.0400. The van der Waals surface area contributed by atoms with Crippen LogP contribution >= 0.6 is 34.4 Å². The van der Waals surface area contributed by atoms with Crippen LogP contribution in [0.4, 0.5) is 5.82 Å². The summed E-state index contributed by atoms with van der Waals surface area (Å²) in [6.07, 6.45) is 2.13. The van der Waals surface area contributed by atoms with E-state index in [0.717, 1.165) is 42.5 Å². The van der Waals surface area contributed by atoms with E-state index in [2.05, 4.69) is 60.6 Å². The van der Waals surface area contributed by atoms with Crippen molar-refractivity contribution in [2.45, 2.75) is 46.3 Å². The van der Waals surface area contributed by atoms with Gasteiger partial charge in [0.1, 0.15) is 11.6 Å². The van der Waals surface area contributed by atoms with Crippen LogP contribution in [-0.4, -0.2) is 22.3 Å². The lowest BCUT2D eigenvalue weighted by atomic mass is 10.1. The highest BCUT2D eigenvalue weighted by Crippen LogP contribution is 2.23. The average molecular weight is 393 g/mol. The van der Waals surface area contributed by atoms with Gasteiger partial charge in [0.15, 0.2) is 0 Å². The van der Waals surface area contributed by atoms with E-state index in [-0.39, 0.29) is 0 Å². The number of nitrogens with zero attached hydrogens (tertiary/aromatic N) is 2. The van der Waals surface area contributed by atoms with E-state index in [4.69, 9.17) is 4.98 Å². The summed E-state index contributed by atoms with van der Waals surface area (Å²) in [4.78, 5) is 9.40. The largest absolute Gasteiger partial charge is 0.369 e. The van der Waals surface area contributed by atoms with Crippen molar-refractivity contribution in [2.75, 3.05) is 17.6 Å². The van der Waals surface area contributed by atoms with Gasteiger partial charge in [-0.25, -0.2) is 9.97 Å². The molecule has 0 aliphatic heterocycles. The highest BCUT2D eigenvalue weighted by atomic mass is 127. The van der Waals surface area contributed by atoms with E-state index < -0.39 is 0 Å². The third-order valence-corrected chi connectivity index (χ3v) is 4.55. The Morgan fingerprint density at radius 1 is 1.26 bits per heavy atom. The number of nitrogens with one attached hydrogen (secondary N) is 1. The van der Waals surface area contributed by atoms with Crippen LogP contribution in [0.5, 0.6) is 0 Å². The van der Waals surface area contributed by atoms with E-state index in [0.29, 0.717) is 5.92 Å². The Bertz CT molecular complexity index is 397. The minimum atomic E-state index is 0.620. The maximum atomic E-state index is 4.74. The van der Waals surface area contributed by atoms with Gasteiger partial charge in [-0.15, -0.1) is 0 Å². The SMILES string of the molecule is CCCNc1nc(CSCC)nc(CC(C)C)c1I. The average Bonchev–Trinajstić information content (AvgIpc) is 2.37. The molecule has 0 atom stereocenters. The fourth-order valence-electron chi connectivity index (χ4n) is 1.69. The molecule has 3 nitrogen and oxygen atoms in total. The molecule has 0 spiro atoms. The second-order valence-electron chi connectivity index (χ2n) is 4.91. The molecular formula is C14H24IN3S. The van der Waals surface area contributed by atoms with Crippen LogP contribution in [-0.2, 0) is 12.2 Å². The van der Waals surface area contributed by atoms with Crippen LogP contribution < -0.4 is 5.32 Å². The van der Waals surface area contributed by atoms with Crippen LogP contribution in [0.3, 0.4) is 0 Å². The van der Waals surface area contributed by atoms with Crippen molar-refractivity contribution in [2.24, 2.45) is 5.92 Å². The Labute approximate surface area is 134 Å². The maximum absolute atomic E-state index is 4.74. The molecule has 0 saturated heterocycles. The highest BCUT2D eigenvalue weighted by Gasteiger charge is 2.13. The van der Waals surface area contributed by atoms with Gasteiger partial charge < -0.3 is 5.32 Å². The molecule has 5 heteroatoms. The van der Waals surface area contributed by atoms with Crippen LogP contribution in [0, 0.1) is 9.49 Å². The number of thioether (sulfide) groups is 1. The lowest BCUT2D eigenvalue weighted by Crippen LogP contribution is -2.11. The first-order chi connectivity index (χ1) is 9.08. The predicted molar refractivity (Wildman–Crippen MR) is 93.9 cm³/mol. The summed E-state index contributed by atoms with van der Waals surface area (Å²) in [5, 5.41) is 3.43. The van der Waals surface area contributed by atoms with Crippen molar-refractivity contribution in [3.8, 4) is 0 Å². The molecule has 0 aliphatic rings. The van der Waals surface area contributed by atoms with Crippen molar-refractivity contribution in [1.82, 2.24) is 9.97 Å². The van der Waals surface area contributed by atoms with Gasteiger partial charge in [-0.2, -0.15) is 11.8 Å². The van der Waals surface area contributed by atoms with Crippen molar-refractivity contribution < 1.29 is 0 Å². The van der Waals surface area contributed by atoms with Crippen LogP contribution in [0.1, 0.15) is 45.6 Å². The Morgan fingerprint density at radius 3 is 2.58 bits per heavy atom. The fraction of sp³-hybridized carbons (Fsp3) is 0.714. The van der Waals surface area contributed by atoms with Crippen LogP contribution in [0.15, 0.2) is 0 Å². The third-order valence-electron chi connectivity index (χ3n) is 2.55. The summed E-state index contributed by atoms with van der Waals surface area (Å²) in [6.45, 7) is 9.77. The number of halogens is 1. The molecule has 1 heterocycles. The van der Waals surface area contributed by atoms with Crippen molar-refractivity contribution in [3.05, 3.63) is 15.1 Å². The van der Waals surface area contributed by atoms with Gasteiger partial charge in [-0.1, -0.05) is 27.7 Å². The smallest absolute Gasteiger partial charge is 0.143 e. The van der Waals surface area contributed by atoms with E-state index in [1.54, 1.807) is 0 Å². The standard InChI is InChI=1S/C14H24IN3S/c1-5-7-16-14-13(15)11(8-10(3)4)17-12(18-14)9-19-6-2/h10H,5-9H2,1-4H3,(H,16,17,18). The molecule has 0 bridgehead atoms. The number of rotatable bonds is 8. The molecule has 0 saturated carbocycles. The molecule has 0 aliphatic carbocycles. The minimum absolute atomic E-state index is 0.620. The van der Waals surface area contributed by atoms with Gasteiger partial charge in [0.2, 0.25) is 0 Å². The summed E-state index contributed by atoms with van der Waals surface area (Å²) in [5.74, 6) is 4.60. The van der Waals surface area contributed by atoms with E-state index in [1.165, 1.54) is 9.26 Å². The first-order valence-corrected chi connectivity index (χ1v) is 9.18. The first-order valence-electron chi connectivity index (χ1n) is 6.95. The lowest BCUT2D eigenvalue weighted by molar-refractivity contribution is 0.629. The molecule has 108 valence electrons. The van der Waals surface area contributed by atoms with E-state index in [1.807, 2.05) is 11.8 Å². The Kier molecular flexibility index (Phi) is 8.06. The minimum Gasteiger partial charge on any atom is -0.369 e. The molecule has 1 aromatic rings. The quantitative estimate of drug-likeness (QED) is 0.667. The third kappa shape index (κ3) is 5.85.